The minimum Gasteiger partial charge on any atom is -0.486 e. The first-order valence-corrected chi connectivity index (χ1v) is 9.80. The first-order valence-electron chi connectivity index (χ1n) is 9.80. The minimum absolute atomic E-state index is 0.122. The van der Waals surface area contributed by atoms with Crippen LogP contribution in [0.4, 0.5) is 4.39 Å². The largest absolute Gasteiger partial charge is 0.486 e. The Hall–Kier alpha value is -2.11. The summed E-state index contributed by atoms with van der Waals surface area (Å²) < 4.78 is 19.6. The Bertz CT molecular complexity index is 702. The number of amides is 2. The highest BCUT2D eigenvalue weighted by Crippen LogP contribution is 2.33. The SMILES string of the molecule is CC(C)(C)c1cc(F)ccc1OC1CN(C(=O)C(=O)NC2CCCCC2)C1. The van der Waals surface area contributed by atoms with Crippen LogP contribution in [-0.2, 0) is 15.0 Å². The third kappa shape index (κ3) is 4.79. The van der Waals surface area contributed by atoms with Gasteiger partial charge in [-0.3, -0.25) is 9.59 Å². The number of hydrogen-bond acceptors (Lipinski definition) is 3. The van der Waals surface area contributed by atoms with E-state index in [9.17, 15) is 14.0 Å². The van der Waals surface area contributed by atoms with Crippen molar-refractivity contribution in [3.63, 3.8) is 0 Å². The van der Waals surface area contributed by atoms with Crippen molar-refractivity contribution in [1.29, 1.82) is 0 Å². The number of nitrogens with one attached hydrogen (secondary N) is 1. The number of likely N-dealkylation sites (tertiary alicyclic amines) is 1. The summed E-state index contributed by atoms with van der Waals surface area (Å²) in [6.45, 7) is 6.75. The van der Waals surface area contributed by atoms with Crippen molar-refractivity contribution in [2.24, 2.45) is 0 Å². The molecule has 0 unspecified atom stereocenters. The van der Waals surface area contributed by atoms with Gasteiger partial charge in [0.15, 0.2) is 0 Å². The second-order valence-corrected chi connectivity index (χ2v) is 8.65. The smallest absolute Gasteiger partial charge is 0.312 e. The number of hydrogen-bond donors (Lipinski definition) is 1. The van der Waals surface area contributed by atoms with E-state index in [1.54, 1.807) is 6.07 Å². The summed E-state index contributed by atoms with van der Waals surface area (Å²) in [7, 11) is 0. The number of halogens is 1. The molecular formula is C21H29FN2O3. The molecule has 2 fully saturated rings. The summed E-state index contributed by atoms with van der Waals surface area (Å²) in [5.41, 5.74) is 0.540. The zero-order chi connectivity index (χ0) is 19.6. The fourth-order valence-corrected chi connectivity index (χ4v) is 3.69. The van der Waals surface area contributed by atoms with Crippen LogP contribution in [-0.4, -0.2) is 41.9 Å². The molecule has 0 spiro atoms. The van der Waals surface area contributed by atoms with Crippen LogP contribution < -0.4 is 10.1 Å². The lowest BCUT2D eigenvalue weighted by atomic mass is 9.86. The highest BCUT2D eigenvalue weighted by atomic mass is 19.1. The maximum Gasteiger partial charge on any atom is 0.312 e. The lowest BCUT2D eigenvalue weighted by Gasteiger charge is -2.39. The summed E-state index contributed by atoms with van der Waals surface area (Å²) >= 11 is 0. The van der Waals surface area contributed by atoms with Gasteiger partial charge in [-0.15, -0.1) is 0 Å². The number of rotatable bonds is 3. The highest BCUT2D eigenvalue weighted by Gasteiger charge is 2.36. The van der Waals surface area contributed by atoms with Crippen LogP contribution in [0.2, 0.25) is 0 Å². The number of ether oxygens (including phenoxy) is 1. The Balaban J connectivity index is 1.52. The molecule has 0 aromatic heterocycles. The van der Waals surface area contributed by atoms with E-state index in [4.69, 9.17) is 4.74 Å². The van der Waals surface area contributed by atoms with Gasteiger partial charge in [0, 0.05) is 11.6 Å². The zero-order valence-corrected chi connectivity index (χ0v) is 16.4. The number of carbonyl (C=O) groups excluding carboxylic acids is 2. The van der Waals surface area contributed by atoms with E-state index in [0.29, 0.717) is 18.8 Å². The summed E-state index contributed by atoms with van der Waals surface area (Å²) in [4.78, 5) is 25.9. The zero-order valence-electron chi connectivity index (χ0n) is 16.4. The number of benzene rings is 1. The number of carbonyl (C=O) groups is 2. The molecule has 1 saturated heterocycles. The van der Waals surface area contributed by atoms with Gasteiger partial charge in [0.1, 0.15) is 17.7 Å². The summed E-state index contributed by atoms with van der Waals surface area (Å²) in [5.74, 6) is -0.669. The monoisotopic (exact) mass is 376 g/mol. The van der Waals surface area contributed by atoms with Gasteiger partial charge in [-0.2, -0.15) is 0 Å². The molecule has 2 amide bonds. The third-order valence-electron chi connectivity index (χ3n) is 5.31. The molecule has 1 aromatic carbocycles. The van der Waals surface area contributed by atoms with Crippen LogP contribution in [0.25, 0.3) is 0 Å². The topological polar surface area (TPSA) is 58.6 Å². The molecule has 0 atom stereocenters. The van der Waals surface area contributed by atoms with Crippen molar-refractivity contribution in [3.05, 3.63) is 29.6 Å². The molecule has 0 bridgehead atoms. The average Bonchev–Trinajstić information content (AvgIpc) is 2.58. The molecule has 1 N–H and O–H groups in total. The molecule has 6 heteroatoms. The van der Waals surface area contributed by atoms with Crippen molar-refractivity contribution in [1.82, 2.24) is 10.2 Å². The number of nitrogens with zero attached hydrogens (tertiary/aromatic N) is 1. The average molecular weight is 376 g/mol. The second-order valence-electron chi connectivity index (χ2n) is 8.65. The van der Waals surface area contributed by atoms with Gasteiger partial charge in [-0.1, -0.05) is 40.0 Å². The first kappa shape index (κ1) is 19.6. The molecule has 1 saturated carbocycles. The molecule has 1 heterocycles. The molecular weight excluding hydrogens is 347 g/mol. The maximum absolute atomic E-state index is 13.6. The minimum atomic E-state index is -0.516. The van der Waals surface area contributed by atoms with Gasteiger partial charge in [-0.05, 0) is 36.5 Å². The molecule has 1 aromatic rings. The Morgan fingerprint density at radius 1 is 1.15 bits per heavy atom. The molecule has 0 radical (unpaired) electrons. The van der Waals surface area contributed by atoms with E-state index in [0.717, 1.165) is 31.2 Å². The van der Waals surface area contributed by atoms with E-state index in [-0.39, 0.29) is 23.4 Å². The Morgan fingerprint density at radius 2 is 1.81 bits per heavy atom. The van der Waals surface area contributed by atoms with Crippen LogP contribution in [0.15, 0.2) is 18.2 Å². The van der Waals surface area contributed by atoms with Gasteiger partial charge in [0.25, 0.3) is 0 Å². The Labute approximate surface area is 160 Å². The van der Waals surface area contributed by atoms with Gasteiger partial charge in [0.2, 0.25) is 0 Å². The van der Waals surface area contributed by atoms with Crippen molar-refractivity contribution in [2.45, 2.75) is 70.4 Å². The Morgan fingerprint density at radius 3 is 2.44 bits per heavy atom. The molecule has 148 valence electrons. The lowest BCUT2D eigenvalue weighted by Crippen LogP contribution is -2.60. The van der Waals surface area contributed by atoms with E-state index in [2.05, 4.69) is 5.32 Å². The van der Waals surface area contributed by atoms with E-state index in [1.807, 2.05) is 20.8 Å². The van der Waals surface area contributed by atoms with Crippen molar-refractivity contribution < 1.29 is 18.7 Å². The van der Waals surface area contributed by atoms with Crippen molar-refractivity contribution in [2.75, 3.05) is 13.1 Å². The standard InChI is InChI=1S/C21H29FN2O3/c1-21(2,3)17-11-14(22)9-10-18(17)27-16-12-24(13-16)20(26)19(25)23-15-7-5-4-6-8-15/h9-11,15-16H,4-8,12-13H2,1-3H3,(H,23,25). The molecule has 1 aliphatic carbocycles. The van der Waals surface area contributed by atoms with Crippen LogP contribution in [0.5, 0.6) is 5.75 Å². The van der Waals surface area contributed by atoms with E-state index in [1.165, 1.54) is 23.5 Å². The Kier molecular flexibility index (Phi) is 5.72. The van der Waals surface area contributed by atoms with Crippen molar-refractivity contribution in [3.8, 4) is 5.75 Å². The molecule has 27 heavy (non-hydrogen) atoms. The predicted molar refractivity (Wildman–Crippen MR) is 101 cm³/mol. The summed E-state index contributed by atoms with van der Waals surface area (Å²) in [6.07, 6.45) is 5.13. The van der Waals surface area contributed by atoms with Crippen LogP contribution in [0.3, 0.4) is 0 Å². The van der Waals surface area contributed by atoms with Gasteiger partial charge in [0.05, 0.1) is 13.1 Å². The van der Waals surface area contributed by atoms with Crippen LogP contribution >= 0.6 is 0 Å². The molecule has 5 nitrogen and oxygen atoms in total. The fourth-order valence-electron chi connectivity index (χ4n) is 3.69. The highest BCUT2D eigenvalue weighted by molar-refractivity contribution is 6.35. The predicted octanol–water partition coefficient (Wildman–Crippen LogP) is 3.16. The molecule has 2 aliphatic rings. The van der Waals surface area contributed by atoms with Gasteiger partial charge < -0.3 is 15.0 Å². The molecule has 1 aliphatic heterocycles. The van der Waals surface area contributed by atoms with Crippen molar-refractivity contribution >= 4 is 11.8 Å². The van der Waals surface area contributed by atoms with E-state index < -0.39 is 11.8 Å². The summed E-state index contributed by atoms with van der Waals surface area (Å²) in [5, 5.41) is 2.85. The van der Waals surface area contributed by atoms with E-state index >= 15 is 0 Å². The molecule has 3 rings (SSSR count). The normalized spacial score (nSPS) is 18.7. The van der Waals surface area contributed by atoms with Crippen LogP contribution in [0, 0.1) is 5.82 Å². The maximum atomic E-state index is 13.6. The third-order valence-corrected chi connectivity index (χ3v) is 5.31. The lowest BCUT2D eigenvalue weighted by molar-refractivity contribution is -0.152. The fraction of sp³-hybridized carbons (Fsp3) is 0.619. The van der Waals surface area contributed by atoms with Crippen LogP contribution in [0.1, 0.15) is 58.4 Å². The van der Waals surface area contributed by atoms with Gasteiger partial charge in [-0.25, -0.2) is 4.39 Å². The second kappa shape index (κ2) is 7.87. The van der Waals surface area contributed by atoms with Gasteiger partial charge >= 0.3 is 11.8 Å². The first-order chi connectivity index (χ1) is 12.7. The quantitative estimate of drug-likeness (QED) is 0.825. The summed E-state index contributed by atoms with van der Waals surface area (Å²) in [6, 6.07) is 4.63.